The Morgan fingerprint density at radius 3 is 1.23 bits per heavy atom. The monoisotopic (exact) mass is 324 g/mol. The zero-order chi connectivity index (χ0) is 14.3. The fourth-order valence-electron chi connectivity index (χ4n) is 0.289. The quantitative estimate of drug-likeness (QED) is 0.415. The summed E-state index contributed by atoms with van der Waals surface area (Å²) in [5.74, 6) is 0.319. The molecule has 0 aliphatic carbocycles. The lowest BCUT2D eigenvalue weighted by Gasteiger charge is -1.89. The highest BCUT2D eigenvalue weighted by molar-refractivity contribution is 5.91. The van der Waals surface area contributed by atoms with Gasteiger partial charge in [0.2, 0.25) is 0 Å². The molecule has 0 amide bonds. The minimum Gasteiger partial charge on any atom is -0.385 e. The van der Waals surface area contributed by atoms with Gasteiger partial charge in [-0.15, -0.1) is 0 Å². The second kappa shape index (κ2) is 42.7. The Morgan fingerprint density at radius 1 is 0.909 bits per heavy atom. The van der Waals surface area contributed by atoms with Crippen molar-refractivity contribution in [2.24, 2.45) is 0 Å². The molecule has 0 bridgehead atoms. The average Bonchev–Trinajstić information content (AvgIpc) is 2.27. The highest BCUT2D eigenvalue weighted by atomic mass is 16.5. The molecule has 0 aromatic heterocycles. The van der Waals surface area contributed by atoms with Gasteiger partial charge < -0.3 is 9.53 Å². The van der Waals surface area contributed by atoms with Crippen LogP contribution < -0.4 is 0 Å². The van der Waals surface area contributed by atoms with Crippen LogP contribution in [0.1, 0.15) is 91.0 Å². The number of ketones is 2. The van der Waals surface area contributed by atoms with E-state index in [1.54, 1.807) is 21.0 Å². The van der Waals surface area contributed by atoms with Crippen molar-refractivity contribution < 1.29 is 14.3 Å². The fraction of sp³-hybridized carbons (Fsp3) is 0.789. The maximum Gasteiger partial charge on any atom is 0.154 e. The minimum atomic E-state index is 0. The van der Waals surface area contributed by atoms with E-state index in [0.717, 1.165) is 6.61 Å². The van der Waals surface area contributed by atoms with Gasteiger partial charge in [-0.1, -0.05) is 64.0 Å². The van der Waals surface area contributed by atoms with Crippen LogP contribution in [0.3, 0.4) is 0 Å². The molecule has 0 unspecified atom stereocenters. The molecule has 0 rings (SSSR count). The van der Waals surface area contributed by atoms with E-state index < -0.39 is 0 Å². The van der Waals surface area contributed by atoms with Gasteiger partial charge in [0.05, 0.1) is 0 Å². The number of hydrogen-bond acceptors (Lipinski definition) is 3. The first-order valence-corrected chi connectivity index (χ1v) is 5.98. The van der Waals surface area contributed by atoms with Crippen molar-refractivity contribution in [3.8, 4) is 0 Å². The number of unbranched alkanes of at least 4 members (excludes halogenated alkanes) is 1. The third-order valence-electron chi connectivity index (χ3n) is 1.80. The summed E-state index contributed by atoms with van der Waals surface area (Å²) >= 11 is 0. The van der Waals surface area contributed by atoms with Crippen LogP contribution in [-0.2, 0) is 14.3 Å². The normalized spacial score (nSPS) is 6.27. The molecule has 0 aliphatic rings. The van der Waals surface area contributed by atoms with Crippen molar-refractivity contribution in [3.63, 3.8) is 0 Å². The molecule has 0 aromatic rings. The van der Waals surface area contributed by atoms with E-state index in [-0.39, 0.29) is 48.7 Å². The molecule has 0 aromatic carbocycles. The van der Waals surface area contributed by atoms with Crippen LogP contribution in [0.2, 0.25) is 0 Å². The summed E-state index contributed by atoms with van der Waals surface area (Å²) in [5.41, 5.74) is 0.620. The Hall–Kier alpha value is -0.960. The molecule has 0 aliphatic heterocycles. The standard InChI is InChI=1S/C5H8O.C5H12O.C4H8O.5CH4/c1-4(2)5(3)6;1-3-4-5-6-2;1-3-4(2)5;;;;;/h1H2,2-3H3;3-5H2,1-2H3;3H2,1-2H3;5*1H4. The zero-order valence-electron chi connectivity index (χ0n) is 12.3. The number of ether oxygens (including phenoxy) is 1. The molecule has 0 saturated carbocycles. The number of allylic oxidation sites excluding steroid dienone is 1. The summed E-state index contributed by atoms with van der Waals surface area (Å²) < 4.78 is 4.78. The molecule has 0 heterocycles. The van der Waals surface area contributed by atoms with Gasteiger partial charge >= 0.3 is 0 Å². The lowest BCUT2D eigenvalue weighted by atomic mass is 10.3. The summed E-state index contributed by atoms with van der Waals surface area (Å²) in [7, 11) is 1.73. The molecule has 0 atom stereocenters. The summed E-state index contributed by atoms with van der Waals surface area (Å²) in [6.07, 6.45) is 3.09. The van der Waals surface area contributed by atoms with E-state index in [0.29, 0.717) is 12.0 Å². The number of rotatable bonds is 5. The summed E-state index contributed by atoms with van der Waals surface area (Å²) in [5, 5.41) is 0. The lowest BCUT2D eigenvalue weighted by molar-refractivity contribution is -0.116. The van der Waals surface area contributed by atoms with Crippen LogP contribution in [0.25, 0.3) is 0 Å². The topological polar surface area (TPSA) is 43.4 Å². The van der Waals surface area contributed by atoms with Gasteiger partial charge in [0.25, 0.3) is 0 Å². The second-order valence-corrected chi connectivity index (χ2v) is 3.74. The molecule has 0 N–H and O–H groups in total. The molecule has 0 spiro atoms. The summed E-state index contributed by atoms with van der Waals surface area (Å²) in [6.45, 7) is 13.1. The Morgan fingerprint density at radius 2 is 1.18 bits per heavy atom. The van der Waals surface area contributed by atoms with E-state index in [1.165, 1.54) is 19.8 Å². The third kappa shape index (κ3) is 95.9. The smallest absolute Gasteiger partial charge is 0.154 e. The summed E-state index contributed by atoms with van der Waals surface area (Å²) in [4.78, 5) is 19.9. The maximum atomic E-state index is 10.0. The molecule has 0 fully saturated rings. The molecule has 3 nitrogen and oxygen atoms in total. The fourth-order valence-corrected chi connectivity index (χ4v) is 0.289. The number of Topliss-reactive ketones (excluding diaryl/α,β-unsaturated/α-hetero) is 2. The van der Waals surface area contributed by atoms with Crippen molar-refractivity contribution in [2.75, 3.05) is 13.7 Å². The van der Waals surface area contributed by atoms with Gasteiger partial charge in [-0.2, -0.15) is 0 Å². The van der Waals surface area contributed by atoms with Crippen molar-refractivity contribution in [1.82, 2.24) is 0 Å². The summed E-state index contributed by atoms with van der Waals surface area (Å²) in [6, 6.07) is 0. The predicted molar refractivity (Wildman–Crippen MR) is 107 cm³/mol. The first-order chi connectivity index (χ1) is 7.83. The van der Waals surface area contributed by atoms with Crippen molar-refractivity contribution >= 4 is 11.6 Å². The van der Waals surface area contributed by atoms with Crippen LogP contribution in [0.15, 0.2) is 12.2 Å². The van der Waals surface area contributed by atoms with Crippen LogP contribution in [-0.4, -0.2) is 25.3 Å². The molecular weight excluding hydrogens is 276 g/mol. The van der Waals surface area contributed by atoms with E-state index in [2.05, 4.69) is 13.5 Å². The van der Waals surface area contributed by atoms with Gasteiger partial charge in [0.1, 0.15) is 5.78 Å². The number of methoxy groups -OCH3 is 1. The first-order valence-electron chi connectivity index (χ1n) is 5.98. The predicted octanol–water partition coefficient (Wildman–Crippen LogP) is 6.75. The maximum absolute atomic E-state index is 10.0. The lowest BCUT2D eigenvalue weighted by Crippen LogP contribution is -1.86. The van der Waals surface area contributed by atoms with Gasteiger partial charge in [-0.05, 0) is 32.8 Å². The van der Waals surface area contributed by atoms with E-state index in [9.17, 15) is 9.59 Å². The third-order valence-corrected chi connectivity index (χ3v) is 1.80. The Labute approximate surface area is 143 Å². The molecule has 0 saturated heterocycles. The zero-order valence-corrected chi connectivity index (χ0v) is 12.3. The average molecular weight is 325 g/mol. The van der Waals surface area contributed by atoms with E-state index in [4.69, 9.17) is 4.74 Å². The van der Waals surface area contributed by atoms with Gasteiger partial charge in [0, 0.05) is 20.1 Å². The largest absolute Gasteiger partial charge is 0.385 e. The SMILES string of the molecule is C.C.C.C.C.C=C(C)C(C)=O.CCC(C)=O.CCCCOC. The Bertz CT molecular complexity index is 193. The van der Waals surface area contributed by atoms with Gasteiger partial charge in [-0.25, -0.2) is 0 Å². The van der Waals surface area contributed by atoms with E-state index in [1.807, 2.05) is 6.92 Å². The molecule has 142 valence electrons. The van der Waals surface area contributed by atoms with Crippen molar-refractivity contribution in [3.05, 3.63) is 12.2 Å². The molecule has 22 heavy (non-hydrogen) atoms. The van der Waals surface area contributed by atoms with Crippen molar-refractivity contribution in [2.45, 2.75) is 91.0 Å². The Balaban J connectivity index is -0.0000000201. The molecule has 0 radical (unpaired) electrons. The van der Waals surface area contributed by atoms with E-state index >= 15 is 0 Å². The molecule has 3 heteroatoms. The molecular formula is C19H48O3. The number of hydrogen-bond donors (Lipinski definition) is 0. The Kier molecular flexibility index (Phi) is 96.5. The highest BCUT2D eigenvalue weighted by Crippen LogP contribution is 1.84. The number of carbonyl (C=O) groups is 2. The first kappa shape index (κ1) is 49.7. The second-order valence-electron chi connectivity index (χ2n) is 3.74. The van der Waals surface area contributed by atoms with Gasteiger partial charge in [0.15, 0.2) is 5.78 Å². The van der Waals surface area contributed by atoms with Crippen molar-refractivity contribution in [1.29, 1.82) is 0 Å². The number of carbonyl (C=O) groups excluding carboxylic acids is 2. The van der Waals surface area contributed by atoms with Gasteiger partial charge in [-0.3, -0.25) is 4.79 Å². The minimum absolute atomic E-state index is 0. The highest BCUT2D eigenvalue weighted by Gasteiger charge is 1.85. The van der Waals surface area contributed by atoms with Crippen LogP contribution >= 0.6 is 0 Å². The van der Waals surface area contributed by atoms with Crippen LogP contribution in [0, 0.1) is 0 Å². The van der Waals surface area contributed by atoms with Crippen LogP contribution in [0.4, 0.5) is 0 Å². The van der Waals surface area contributed by atoms with Crippen LogP contribution in [0.5, 0.6) is 0 Å².